The molecule has 0 saturated carbocycles. The van der Waals surface area contributed by atoms with E-state index >= 15 is 0 Å². The zero-order chi connectivity index (χ0) is 18.8. The second-order valence-corrected chi connectivity index (χ2v) is 6.21. The first kappa shape index (κ1) is 18.6. The summed E-state index contributed by atoms with van der Waals surface area (Å²) in [6.45, 7) is 1.44. The highest BCUT2D eigenvalue weighted by Crippen LogP contribution is 2.29. The predicted octanol–water partition coefficient (Wildman–Crippen LogP) is 0.273. The van der Waals surface area contributed by atoms with E-state index in [0.717, 1.165) is 12.1 Å². The van der Waals surface area contributed by atoms with Gasteiger partial charge in [-0.25, -0.2) is 4.98 Å². The van der Waals surface area contributed by atoms with Crippen molar-refractivity contribution in [1.29, 1.82) is 0 Å². The Labute approximate surface area is 138 Å². The highest BCUT2D eigenvalue weighted by Gasteiger charge is 2.48. The number of pyridine rings is 1. The molecule has 2 aromatic heterocycles. The standard InChI is InChI=1S/C12H10F3N3O6S/c1-6-17-18-11(23-6)7(5-10(19)20)8-3-2-4-9(16-8)24-25(21,22)12(13,14)15/h2-4,7H,5H2,1H3,(H,19,20)/p-1. The van der Waals surface area contributed by atoms with Crippen LogP contribution in [0.25, 0.3) is 0 Å². The van der Waals surface area contributed by atoms with Crippen LogP contribution in [0.2, 0.25) is 0 Å². The highest BCUT2D eigenvalue weighted by atomic mass is 32.2. The summed E-state index contributed by atoms with van der Waals surface area (Å²) in [5.74, 6) is -3.63. The Morgan fingerprint density at radius 2 is 2.04 bits per heavy atom. The number of carbonyl (C=O) groups is 1. The van der Waals surface area contributed by atoms with E-state index in [9.17, 15) is 31.5 Å². The van der Waals surface area contributed by atoms with Gasteiger partial charge in [-0.1, -0.05) is 6.07 Å². The van der Waals surface area contributed by atoms with Crippen LogP contribution in [-0.2, 0) is 14.9 Å². The molecule has 1 atom stereocenters. The summed E-state index contributed by atoms with van der Waals surface area (Å²) in [6, 6.07) is 3.23. The number of aromatic nitrogens is 3. The fraction of sp³-hybridized carbons (Fsp3) is 0.333. The first-order valence-electron chi connectivity index (χ1n) is 6.47. The summed E-state index contributed by atoms with van der Waals surface area (Å²) in [5.41, 5.74) is -5.79. The number of halogens is 3. The lowest BCUT2D eigenvalue weighted by atomic mass is 10.0. The number of alkyl halides is 3. The van der Waals surface area contributed by atoms with Gasteiger partial charge in [0.1, 0.15) is 0 Å². The van der Waals surface area contributed by atoms with Gasteiger partial charge in [0.15, 0.2) is 0 Å². The zero-order valence-electron chi connectivity index (χ0n) is 12.3. The highest BCUT2D eigenvalue weighted by molar-refractivity contribution is 7.87. The molecule has 1 unspecified atom stereocenters. The van der Waals surface area contributed by atoms with E-state index < -0.39 is 39.8 Å². The molecule has 0 aliphatic heterocycles. The fourth-order valence-corrected chi connectivity index (χ4v) is 2.18. The predicted molar refractivity (Wildman–Crippen MR) is 70.3 cm³/mol. The van der Waals surface area contributed by atoms with Gasteiger partial charge >= 0.3 is 15.6 Å². The smallest absolute Gasteiger partial charge is 0.534 e. The molecule has 13 heteroatoms. The number of aryl methyl sites for hydroxylation is 1. The molecule has 2 aromatic rings. The third-order valence-corrected chi connectivity index (χ3v) is 3.75. The Kier molecular flexibility index (Phi) is 4.97. The van der Waals surface area contributed by atoms with Crippen LogP contribution in [0.1, 0.15) is 29.8 Å². The second-order valence-electron chi connectivity index (χ2n) is 4.67. The van der Waals surface area contributed by atoms with Crippen molar-refractivity contribution in [2.24, 2.45) is 0 Å². The van der Waals surface area contributed by atoms with Crippen LogP contribution < -0.4 is 9.29 Å². The average Bonchev–Trinajstić information content (AvgIpc) is 2.89. The molecule has 136 valence electrons. The van der Waals surface area contributed by atoms with Crippen LogP contribution in [0.3, 0.4) is 0 Å². The Balaban J connectivity index is 2.39. The van der Waals surface area contributed by atoms with Gasteiger partial charge in [0.05, 0.1) is 11.6 Å². The number of rotatable bonds is 6. The van der Waals surface area contributed by atoms with Gasteiger partial charge in [0, 0.05) is 25.4 Å². The van der Waals surface area contributed by atoms with Crippen molar-refractivity contribution in [3.63, 3.8) is 0 Å². The molecule has 9 nitrogen and oxygen atoms in total. The molecule has 0 bridgehead atoms. The van der Waals surface area contributed by atoms with Crippen LogP contribution >= 0.6 is 0 Å². The van der Waals surface area contributed by atoms with E-state index in [1.54, 1.807) is 0 Å². The molecule has 2 heterocycles. The number of hydrogen-bond donors (Lipinski definition) is 0. The van der Waals surface area contributed by atoms with Gasteiger partial charge < -0.3 is 18.5 Å². The normalized spacial score (nSPS) is 13.4. The van der Waals surface area contributed by atoms with E-state index in [4.69, 9.17) is 4.42 Å². The number of aliphatic carboxylic acids is 1. The molecule has 0 aliphatic carbocycles. The Morgan fingerprint density at radius 1 is 1.36 bits per heavy atom. The van der Waals surface area contributed by atoms with Crippen LogP contribution in [-0.4, -0.2) is 35.1 Å². The van der Waals surface area contributed by atoms with Crippen molar-refractivity contribution in [3.05, 3.63) is 35.7 Å². The quantitative estimate of drug-likeness (QED) is 0.511. The molecule has 0 saturated heterocycles. The number of hydrogen-bond acceptors (Lipinski definition) is 9. The van der Waals surface area contributed by atoms with Gasteiger partial charge in [0.2, 0.25) is 17.7 Å². The molecule has 0 radical (unpaired) electrons. The minimum Gasteiger partial charge on any atom is -0.550 e. The lowest BCUT2D eigenvalue weighted by molar-refractivity contribution is -0.306. The molecule has 2 rings (SSSR count). The zero-order valence-corrected chi connectivity index (χ0v) is 13.2. The summed E-state index contributed by atoms with van der Waals surface area (Å²) in [5, 5.41) is 18.1. The topological polar surface area (TPSA) is 135 Å². The van der Waals surface area contributed by atoms with Crippen LogP contribution in [0, 0.1) is 6.92 Å². The molecule has 0 aromatic carbocycles. The minimum absolute atomic E-state index is 0.116. The molecule has 0 fully saturated rings. The van der Waals surface area contributed by atoms with Gasteiger partial charge in [-0.2, -0.15) is 21.6 Å². The van der Waals surface area contributed by atoms with Gasteiger partial charge in [0.25, 0.3) is 0 Å². The van der Waals surface area contributed by atoms with Crippen molar-refractivity contribution < 1.29 is 40.1 Å². The Bertz CT molecular complexity index is 880. The minimum atomic E-state index is -5.92. The number of carbonyl (C=O) groups excluding carboxylic acids is 1. The molecule has 25 heavy (non-hydrogen) atoms. The second kappa shape index (κ2) is 6.66. The monoisotopic (exact) mass is 380 g/mol. The molecular weight excluding hydrogens is 371 g/mol. The number of carboxylic acid groups (broad SMARTS) is 1. The fourth-order valence-electron chi connectivity index (χ4n) is 1.77. The lowest BCUT2D eigenvalue weighted by Gasteiger charge is -2.14. The first-order chi connectivity index (χ1) is 11.5. The molecule has 0 amide bonds. The third-order valence-electron chi connectivity index (χ3n) is 2.79. The Morgan fingerprint density at radius 3 is 2.56 bits per heavy atom. The molecule has 0 spiro atoms. The van der Waals surface area contributed by atoms with Crippen molar-refractivity contribution >= 4 is 16.1 Å². The summed E-state index contributed by atoms with van der Waals surface area (Å²) < 4.78 is 68.1. The van der Waals surface area contributed by atoms with Crippen molar-refractivity contribution in [1.82, 2.24) is 15.2 Å². The van der Waals surface area contributed by atoms with Crippen molar-refractivity contribution in [2.75, 3.05) is 0 Å². The first-order valence-corrected chi connectivity index (χ1v) is 7.88. The van der Waals surface area contributed by atoms with Crippen molar-refractivity contribution in [2.45, 2.75) is 24.8 Å². The summed E-state index contributed by atoms with van der Waals surface area (Å²) in [7, 11) is -5.92. The van der Waals surface area contributed by atoms with E-state index in [1.807, 2.05) is 0 Å². The van der Waals surface area contributed by atoms with Gasteiger partial charge in [-0.3, -0.25) is 0 Å². The van der Waals surface area contributed by atoms with E-state index in [1.165, 1.54) is 13.0 Å². The molecular formula is C12H9F3N3O6S-. The van der Waals surface area contributed by atoms with Crippen LogP contribution in [0.15, 0.2) is 22.6 Å². The SMILES string of the molecule is Cc1nnc(C(CC(=O)[O-])c2cccc(OS(=O)(=O)C(F)(F)F)n2)o1. The third kappa shape index (κ3) is 4.43. The number of nitrogens with zero attached hydrogens (tertiary/aromatic N) is 3. The van der Waals surface area contributed by atoms with E-state index in [2.05, 4.69) is 19.4 Å². The maximum absolute atomic E-state index is 12.4. The van der Waals surface area contributed by atoms with Crippen LogP contribution in [0.4, 0.5) is 13.2 Å². The number of carboxylic acids is 1. The van der Waals surface area contributed by atoms with E-state index in [0.29, 0.717) is 0 Å². The lowest BCUT2D eigenvalue weighted by Crippen LogP contribution is -2.28. The summed E-state index contributed by atoms with van der Waals surface area (Å²) in [6.07, 6.45) is -0.676. The van der Waals surface area contributed by atoms with E-state index in [-0.39, 0.29) is 17.5 Å². The Hall–Kier alpha value is -2.70. The average molecular weight is 380 g/mol. The van der Waals surface area contributed by atoms with Gasteiger partial charge in [-0.15, -0.1) is 10.2 Å². The molecule has 0 aliphatic rings. The van der Waals surface area contributed by atoms with Crippen LogP contribution in [0.5, 0.6) is 5.88 Å². The van der Waals surface area contributed by atoms with Crippen molar-refractivity contribution in [3.8, 4) is 5.88 Å². The summed E-state index contributed by atoms with van der Waals surface area (Å²) in [4.78, 5) is 14.5. The summed E-state index contributed by atoms with van der Waals surface area (Å²) >= 11 is 0. The largest absolute Gasteiger partial charge is 0.550 e. The maximum Gasteiger partial charge on any atom is 0.534 e. The molecule has 0 N–H and O–H groups in total. The van der Waals surface area contributed by atoms with Gasteiger partial charge in [-0.05, 0) is 6.07 Å². The maximum atomic E-state index is 12.4.